The van der Waals surface area contributed by atoms with Crippen LogP contribution in [0.1, 0.15) is 19.4 Å². The molecule has 0 aliphatic rings. The number of alkyl halides is 3. The van der Waals surface area contributed by atoms with Crippen molar-refractivity contribution in [3.8, 4) is 0 Å². The maximum atomic E-state index is 12.8. The van der Waals surface area contributed by atoms with Crippen LogP contribution in [0.25, 0.3) is 0 Å². The third-order valence-electron chi connectivity index (χ3n) is 3.57. The zero-order chi connectivity index (χ0) is 20.4. The second-order valence-electron chi connectivity index (χ2n) is 6.14. The van der Waals surface area contributed by atoms with E-state index in [9.17, 15) is 18.0 Å². The molecule has 0 bridgehead atoms. The summed E-state index contributed by atoms with van der Waals surface area (Å²) >= 11 is 1.26. The zero-order valence-corrected chi connectivity index (χ0v) is 15.6. The molecule has 11 heteroatoms. The Balaban J connectivity index is 2.22. The molecule has 2 rings (SSSR count). The molecule has 1 aromatic carbocycles. The number of amides is 1. The number of anilines is 4. The van der Waals surface area contributed by atoms with Crippen molar-refractivity contribution in [2.45, 2.75) is 30.6 Å². The first-order chi connectivity index (χ1) is 12.4. The van der Waals surface area contributed by atoms with Gasteiger partial charge in [-0.25, -0.2) is 4.98 Å². The van der Waals surface area contributed by atoms with Gasteiger partial charge in [0.15, 0.2) is 5.82 Å². The summed E-state index contributed by atoms with van der Waals surface area (Å²) in [7, 11) is 0. The molecule has 27 heavy (non-hydrogen) atoms. The van der Waals surface area contributed by atoms with E-state index in [4.69, 9.17) is 11.5 Å². The van der Waals surface area contributed by atoms with E-state index in [-0.39, 0.29) is 23.1 Å². The highest BCUT2D eigenvalue weighted by molar-refractivity contribution is 7.98. The van der Waals surface area contributed by atoms with Gasteiger partial charge in [0.25, 0.3) is 0 Å². The number of nitrogens with two attached hydrogens (primary N) is 2. The van der Waals surface area contributed by atoms with Gasteiger partial charge in [-0.15, -0.1) is 11.8 Å². The summed E-state index contributed by atoms with van der Waals surface area (Å²) in [4.78, 5) is 20.6. The molecule has 146 valence electrons. The number of nitrogen functional groups attached to an aromatic ring is 2. The summed E-state index contributed by atoms with van der Waals surface area (Å²) in [5.41, 5.74) is 9.74. The number of benzene rings is 1. The van der Waals surface area contributed by atoms with Gasteiger partial charge in [-0.3, -0.25) is 4.79 Å². The van der Waals surface area contributed by atoms with Gasteiger partial charge in [0.05, 0.1) is 5.56 Å². The van der Waals surface area contributed by atoms with Gasteiger partial charge in [-0.1, -0.05) is 6.07 Å². The number of carbonyl (C=O) groups is 1. The molecule has 0 aliphatic heterocycles. The Morgan fingerprint density at radius 3 is 2.44 bits per heavy atom. The SMILES string of the molecule is CSc1nc(N)nc(NC(C)(C)C(=O)Nc2cccc(C(F)(F)F)c2)c1N. The lowest BCUT2D eigenvalue weighted by molar-refractivity contribution is -0.137. The van der Waals surface area contributed by atoms with Gasteiger partial charge in [0, 0.05) is 5.69 Å². The minimum atomic E-state index is -4.50. The van der Waals surface area contributed by atoms with Crippen molar-refractivity contribution in [1.82, 2.24) is 9.97 Å². The third-order valence-corrected chi connectivity index (χ3v) is 4.27. The maximum absolute atomic E-state index is 12.8. The second-order valence-corrected chi connectivity index (χ2v) is 6.93. The summed E-state index contributed by atoms with van der Waals surface area (Å²) in [5, 5.41) is 5.76. The minimum Gasteiger partial charge on any atom is -0.394 e. The monoisotopic (exact) mass is 400 g/mol. The molecular formula is C16H19F3N6OS. The number of aromatic nitrogens is 2. The van der Waals surface area contributed by atoms with E-state index in [0.717, 1.165) is 12.1 Å². The fourth-order valence-electron chi connectivity index (χ4n) is 2.13. The molecule has 0 radical (unpaired) electrons. The van der Waals surface area contributed by atoms with Gasteiger partial charge in [0.1, 0.15) is 16.3 Å². The molecule has 6 N–H and O–H groups in total. The average molecular weight is 400 g/mol. The van der Waals surface area contributed by atoms with E-state index in [1.54, 1.807) is 6.26 Å². The molecule has 1 aromatic heterocycles. The first kappa shape index (κ1) is 20.6. The molecule has 2 aromatic rings. The molecule has 1 heterocycles. The van der Waals surface area contributed by atoms with E-state index in [0.29, 0.717) is 5.03 Å². The Labute approximate surface area is 158 Å². The highest BCUT2D eigenvalue weighted by Crippen LogP contribution is 2.32. The lowest BCUT2D eigenvalue weighted by Gasteiger charge is -2.27. The van der Waals surface area contributed by atoms with Crippen molar-refractivity contribution in [1.29, 1.82) is 0 Å². The van der Waals surface area contributed by atoms with Gasteiger partial charge < -0.3 is 22.1 Å². The minimum absolute atomic E-state index is 0.0182. The standard InChI is InChI=1S/C16H19F3N6OS/c1-15(2,25-11-10(20)12(27-3)24-14(21)23-11)13(26)22-9-6-4-5-8(7-9)16(17,18)19/h4-7H,20H2,1-3H3,(H,22,26)(H3,21,23,24,25). The summed E-state index contributed by atoms with van der Waals surface area (Å²) in [6.45, 7) is 3.07. The maximum Gasteiger partial charge on any atom is 0.416 e. The van der Waals surface area contributed by atoms with Crippen LogP contribution in [-0.2, 0) is 11.0 Å². The highest BCUT2D eigenvalue weighted by Gasteiger charge is 2.32. The first-order valence-corrected chi connectivity index (χ1v) is 8.90. The number of halogens is 3. The van der Waals surface area contributed by atoms with Crippen molar-refractivity contribution >= 4 is 40.8 Å². The number of hydrogen-bond acceptors (Lipinski definition) is 7. The van der Waals surface area contributed by atoms with Crippen LogP contribution in [0.2, 0.25) is 0 Å². The summed E-state index contributed by atoms with van der Waals surface area (Å²) < 4.78 is 38.4. The van der Waals surface area contributed by atoms with Gasteiger partial charge in [-0.2, -0.15) is 18.2 Å². The fourth-order valence-corrected chi connectivity index (χ4v) is 2.63. The van der Waals surface area contributed by atoms with Crippen molar-refractivity contribution in [2.75, 3.05) is 28.4 Å². The quantitative estimate of drug-likeness (QED) is 0.449. The summed E-state index contributed by atoms with van der Waals surface area (Å²) in [5.74, 6) is -0.440. The van der Waals surface area contributed by atoms with Crippen LogP contribution in [-0.4, -0.2) is 27.7 Å². The smallest absolute Gasteiger partial charge is 0.394 e. The Kier molecular flexibility index (Phi) is 5.73. The Morgan fingerprint density at radius 2 is 1.85 bits per heavy atom. The van der Waals surface area contributed by atoms with Crippen LogP contribution >= 0.6 is 11.8 Å². The average Bonchev–Trinajstić information content (AvgIpc) is 2.57. The molecule has 0 spiro atoms. The Hall–Kier alpha value is -2.69. The third kappa shape index (κ3) is 4.94. The highest BCUT2D eigenvalue weighted by atomic mass is 32.2. The molecule has 0 saturated heterocycles. The number of nitrogens with one attached hydrogen (secondary N) is 2. The molecule has 0 aliphatic carbocycles. The van der Waals surface area contributed by atoms with Gasteiger partial charge in [-0.05, 0) is 38.3 Å². The van der Waals surface area contributed by atoms with E-state index in [2.05, 4.69) is 20.6 Å². The normalized spacial score (nSPS) is 11.9. The van der Waals surface area contributed by atoms with Gasteiger partial charge >= 0.3 is 6.18 Å². The van der Waals surface area contributed by atoms with E-state index in [1.165, 1.54) is 37.7 Å². The molecule has 7 nitrogen and oxygen atoms in total. The number of thioether (sulfide) groups is 1. The van der Waals surface area contributed by atoms with Crippen LogP contribution < -0.4 is 22.1 Å². The largest absolute Gasteiger partial charge is 0.416 e. The molecule has 0 saturated carbocycles. The zero-order valence-electron chi connectivity index (χ0n) is 14.8. The van der Waals surface area contributed by atoms with Crippen molar-refractivity contribution < 1.29 is 18.0 Å². The molecular weight excluding hydrogens is 381 g/mol. The van der Waals surface area contributed by atoms with Gasteiger partial charge in [0.2, 0.25) is 11.9 Å². The van der Waals surface area contributed by atoms with Crippen LogP contribution in [0.3, 0.4) is 0 Å². The summed E-state index contributed by atoms with van der Waals surface area (Å²) in [6.07, 6.45) is -2.75. The van der Waals surface area contributed by atoms with Crippen LogP contribution in [0.4, 0.5) is 36.3 Å². The van der Waals surface area contributed by atoms with Crippen LogP contribution in [0, 0.1) is 0 Å². The second kappa shape index (κ2) is 7.51. The molecule has 0 atom stereocenters. The molecule has 0 fully saturated rings. The predicted octanol–water partition coefficient (Wildman–Crippen LogP) is 3.21. The van der Waals surface area contributed by atoms with Crippen molar-refractivity contribution in [3.05, 3.63) is 29.8 Å². The predicted molar refractivity (Wildman–Crippen MR) is 100 cm³/mol. The molecule has 0 unspecified atom stereocenters. The first-order valence-electron chi connectivity index (χ1n) is 7.68. The van der Waals surface area contributed by atoms with E-state index >= 15 is 0 Å². The number of carbonyl (C=O) groups excluding carboxylic acids is 1. The molecule has 1 amide bonds. The van der Waals surface area contributed by atoms with E-state index in [1.807, 2.05) is 0 Å². The van der Waals surface area contributed by atoms with E-state index < -0.39 is 23.2 Å². The number of nitrogens with zero attached hydrogens (tertiary/aromatic N) is 2. The number of rotatable bonds is 5. The summed E-state index contributed by atoms with van der Waals surface area (Å²) in [6, 6.07) is 4.36. The van der Waals surface area contributed by atoms with Crippen LogP contribution in [0.5, 0.6) is 0 Å². The Morgan fingerprint density at radius 1 is 1.19 bits per heavy atom. The fraction of sp³-hybridized carbons (Fsp3) is 0.312. The lowest BCUT2D eigenvalue weighted by atomic mass is 10.0. The van der Waals surface area contributed by atoms with Crippen molar-refractivity contribution in [2.24, 2.45) is 0 Å². The lowest BCUT2D eigenvalue weighted by Crippen LogP contribution is -2.44. The van der Waals surface area contributed by atoms with Crippen LogP contribution in [0.15, 0.2) is 29.3 Å². The van der Waals surface area contributed by atoms with Crippen molar-refractivity contribution in [3.63, 3.8) is 0 Å². The number of hydrogen-bond donors (Lipinski definition) is 4. The Bertz CT molecular complexity index is 857. The topological polar surface area (TPSA) is 119 Å².